The Hall–Kier alpha value is -3.99. The molecular weight excluding hydrogens is 438 g/mol. The quantitative estimate of drug-likeness (QED) is 0.274. The van der Waals surface area contributed by atoms with E-state index in [-0.39, 0.29) is 11.5 Å². The lowest BCUT2D eigenvalue weighted by Gasteiger charge is -2.25. The molecule has 6 rings (SSSR count). The Kier molecular flexibility index (Phi) is 4.46. The van der Waals surface area contributed by atoms with E-state index in [1.54, 1.807) is 6.07 Å². The Morgan fingerprint density at radius 3 is 2.34 bits per heavy atom. The lowest BCUT2D eigenvalue weighted by Crippen LogP contribution is -2.16. The van der Waals surface area contributed by atoms with Crippen molar-refractivity contribution in [3.05, 3.63) is 80.2 Å². The van der Waals surface area contributed by atoms with Crippen LogP contribution in [0.3, 0.4) is 0 Å². The minimum absolute atomic E-state index is 0.0885. The van der Waals surface area contributed by atoms with E-state index in [2.05, 4.69) is 31.4 Å². The SMILES string of the molecule is Cc1ccc(-c2c3n(c4c(=O)oc5cc(O)c(C)cc5c24)CCc2c-3cc(C)c(C)c2C)cc1O. The number of nitrogens with zero attached hydrogens (tertiary/aromatic N) is 1. The van der Waals surface area contributed by atoms with E-state index >= 15 is 0 Å². The summed E-state index contributed by atoms with van der Waals surface area (Å²) in [5.41, 5.74) is 10.9. The first kappa shape index (κ1) is 21.5. The van der Waals surface area contributed by atoms with Gasteiger partial charge in [0.25, 0.3) is 0 Å². The Bertz CT molecular complexity index is 1790. The average Bonchev–Trinajstić information content (AvgIpc) is 3.17. The molecule has 0 bridgehead atoms. The van der Waals surface area contributed by atoms with Crippen molar-refractivity contribution < 1.29 is 14.6 Å². The predicted octanol–water partition coefficient (Wildman–Crippen LogP) is 6.59. The van der Waals surface area contributed by atoms with Gasteiger partial charge >= 0.3 is 5.63 Å². The summed E-state index contributed by atoms with van der Waals surface area (Å²) in [6.45, 7) is 10.8. The summed E-state index contributed by atoms with van der Waals surface area (Å²) in [4.78, 5) is 13.4. The van der Waals surface area contributed by atoms with E-state index in [1.807, 2.05) is 32.0 Å². The molecule has 2 aromatic heterocycles. The molecule has 1 aliphatic heterocycles. The molecule has 5 nitrogen and oxygen atoms in total. The number of hydrogen-bond donors (Lipinski definition) is 2. The van der Waals surface area contributed by atoms with Crippen LogP contribution in [0.5, 0.6) is 11.5 Å². The number of phenols is 2. The Morgan fingerprint density at radius 2 is 1.60 bits per heavy atom. The minimum Gasteiger partial charge on any atom is -0.508 e. The van der Waals surface area contributed by atoms with Crippen LogP contribution < -0.4 is 5.63 Å². The highest BCUT2D eigenvalue weighted by atomic mass is 16.4. The van der Waals surface area contributed by atoms with Crippen molar-refractivity contribution in [3.63, 3.8) is 0 Å². The first-order valence-corrected chi connectivity index (χ1v) is 11.9. The summed E-state index contributed by atoms with van der Waals surface area (Å²) in [6, 6.07) is 11.3. The molecule has 0 spiro atoms. The molecule has 0 radical (unpaired) electrons. The van der Waals surface area contributed by atoms with Gasteiger partial charge in [-0.15, -0.1) is 0 Å². The summed E-state index contributed by atoms with van der Waals surface area (Å²) in [6.07, 6.45) is 0.823. The van der Waals surface area contributed by atoms with Crippen molar-refractivity contribution in [3.8, 4) is 33.9 Å². The maximum absolute atomic E-state index is 13.4. The second-order valence-electron chi connectivity index (χ2n) is 9.84. The number of benzene rings is 3. The molecule has 0 atom stereocenters. The molecule has 0 fully saturated rings. The third-order valence-corrected chi connectivity index (χ3v) is 7.86. The summed E-state index contributed by atoms with van der Waals surface area (Å²) < 4.78 is 7.83. The Labute approximate surface area is 202 Å². The van der Waals surface area contributed by atoms with Crippen LogP contribution in [-0.4, -0.2) is 14.8 Å². The first-order valence-electron chi connectivity index (χ1n) is 11.9. The number of hydrogen-bond acceptors (Lipinski definition) is 4. The summed E-state index contributed by atoms with van der Waals surface area (Å²) in [7, 11) is 0. The van der Waals surface area contributed by atoms with E-state index < -0.39 is 5.63 Å². The molecule has 2 N–H and O–H groups in total. The fourth-order valence-electron chi connectivity index (χ4n) is 5.64. The van der Waals surface area contributed by atoms with Crippen molar-refractivity contribution in [2.24, 2.45) is 0 Å². The normalized spacial score (nSPS) is 12.8. The number of rotatable bonds is 1. The number of aromatic nitrogens is 1. The fourth-order valence-corrected chi connectivity index (χ4v) is 5.64. The smallest absolute Gasteiger partial charge is 0.361 e. The molecular formula is C30H27NO4. The minimum atomic E-state index is -0.427. The van der Waals surface area contributed by atoms with Gasteiger partial charge in [-0.3, -0.25) is 0 Å². The number of phenolic OH excluding ortho intramolecular Hbond substituents is 2. The molecule has 0 aliphatic carbocycles. The van der Waals surface area contributed by atoms with Gasteiger partial charge < -0.3 is 19.2 Å². The predicted molar refractivity (Wildman–Crippen MR) is 140 cm³/mol. The zero-order chi connectivity index (χ0) is 24.8. The molecule has 3 aromatic carbocycles. The molecule has 0 saturated carbocycles. The highest BCUT2D eigenvalue weighted by Crippen LogP contribution is 2.48. The first-order chi connectivity index (χ1) is 16.7. The van der Waals surface area contributed by atoms with Crippen LogP contribution in [0.25, 0.3) is 44.3 Å². The number of aryl methyl sites for hydroxylation is 4. The molecule has 176 valence electrons. The van der Waals surface area contributed by atoms with Crippen molar-refractivity contribution in [1.82, 2.24) is 4.57 Å². The van der Waals surface area contributed by atoms with Gasteiger partial charge in [0.15, 0.2) is 0 Å². The average molecular weight is 466 g/mol. The third-order valence-electron chi connectivity index (χ3n) is 7.86. The van der Waals surface area contributed by atoms with Gasteiger partial charge in [0.05, 0.1) is 5.69 Å². The van der Waals surface area contributed by atoms with Gasteiger partial charge in [0.2, 0.25) is 0 Å². The molecule has 0 amide bonds. The van der Waals surface area contributed by atoms with Crippen LogP contribution in [0.4, 0.5) is 0 Å². The van der Waals surface area contributed by atoms with E-state index in [1.165, 1.54) is 28.3 Å². The second-order valence-corrected chi connectivity index (χ2v) is 9.84. The lowest BCUT2D eigenvalue weighted by molar-refractivity contribution is 0.469. The van der Waals surface area contributed by atoms with Crippen LogP contribution in [-0.2, 0) is 13.0 Å². The maximum Gasteiger partial charge on any atom is 0.361 e. The van der Waals surface area contributed by atoms with Crippen LogP contribution in [0.2, 0.25) is 0 Å². The maximum atomic E-state index is 13.4. The molecule has 35 heavy (non-hydrogen) atoms. The van der Waals surface area contributed by atoms with Crippen molar-refractivity contribution in [2.45, 2.75) is 47.6 Å². The topological polar surface area (TPSA) is 75.6 Å². The highest BCUT2D eigenvalue weighted by Gasteiger charge is 2.30. The van der Waals surface area contributed by atoms with Crippen LogP contribution >= 0.6 is 0 Å². The van der Waals surface area contributed by atoms with E-state index in [4.69, 9.17) is 4.42 Å². The van der Waals surface area contributed by atoms with Crippen LogP contribution in [0.15, 0.2) is 45.6 Å². The highest BCUT2D eigenvalue weighted by molar-refractivity contribution is 6.16. The Morgan fingerprint density at radius 1 is 0.857 bits per heavy atom. The van der Waals surface area contributed by atoms with E-state index in [0.29, 0.717) is 23.2 Å². The fraction of sp³-hybridized carbons (Fsp3) is 0.233. The standard InChI is InChI=1S/C30H27NO4/c1-14-6-7-19(12-23(14)32)26-27-22-11-16(3)24(33)13-25(22)35-30(34)29(27)31-9-8-20-18(5)17(4)15(2)10-21(20)28(26)31/h6-7,10-13,32-33H,8-9H2,1-5H3. The van der Waals surface area contributed by atoms with Crippen molar-refractivity contribution >= 4 is 21.9 Å². The van der Waals surface area contributed by atoms with Crippen LogP contribution in [0, 0.1) is 34.6 Å². The molecule has 0 unspecified atom stereocenters. The van der Waals surface area contributed by atoms with Gasteiger partial charge in [-0.05, 0) is 98.2 Å². The molecule has 1 aliphatic rings. The largest absolute Gasteiger partial charge is 0.508 e. The monoisotopic (exact) mass is 465 g/mol. The van der Waals surface area contributed by atoms with Gasteiger partial charge in [0, 0.05) is 34.5 Å². The molecule has 5 heteroatoms. The van der Waals surface area contributed by atoms with Crippen molar-refractivity contribution in [2.75, 3.05) is 0 Å². The molecule has 5 aromatic rings. The van der Waals surface area contributed by atoms with Gasteiger partial charge in [0.1, 0.15) is 22.6 Å². The summed E-state index contributed by atoms with van der Waals surface area (Å²) in [5.74, 6) is 0.301. The Balaban J connectivity index is 1.89. The summed E-state index contributed by atoms with van der Waals surface area (Å²) >= 11 is 0. The van der Waals surface area contributed by atoms with E-state index in [0.717, 1.165) is 45.1 Å². The zero-order valence-corrected chi connectivity index (χ0v) is 20.5. The number of aromatic hydroxyl groups is 2. The molecule has 0 saturated heterocycles. The third kappa shape index (κ3) is 2.91. The van der Waals surface area contributed by atoms with E-state index in [9.17, 15) is 15.0 Å². The molecule has 3 heterocycles. The van der Waals surface area contributed by atoms with Gasteiger partial charge in [-0.2, -0.15) is 0 Å². The second kappa shape index (κ2) is 7.25. The van der Waals surface area contributed by atoms with Gasteiger partial charge in [-0.1, -0.05) is 12.1 Å². The lowest BCUT2D eigenvalue weighted by atomic mass is 9.86. The zero-order valence-electron chi connectivity index (χ0n) is 20.5. The number of fused-ring (bicyclic) bond motifs is 7. The van der Waals surface area contributed by atoms with Crippen LogP contribution in [0.1, 0.15) is 33.4 Å². The van der Waals surface area contributed by atoms with Gasteiger partial charge in [-0.25, -0.2) is 4.79 Å². The van der Waals surface area contributed by atoms with Crippen molar-refractivity contribution in [1.29, 1.82) is 0 Å². The summed E-state index contributed by atoms with van der Waals surface area (Å²) in [5, 5.41) is 22.5.